The number of carbonyl (C=O) groups is 1. The van der Waals surface area contributed by atoms with Crippen molar-refractivity contribution in [1.29, 1.82) is 0 Å². The van der Waals surface area contributed by atoms with Gasteiger partial charge in [0.15, 0.2) is 0 Å². The molecule has 5 nitrogen and oxygen atoms in total. The normalized spacial score (nSPS) is 10.1. The fourth-order valence-corrected chi connectivity index (χ4v) is 2.30. The highest BCUT2D eigenvalue weighted by atomic mass is 35.5. The van der Waals surface area contributed by atoms with Crippen molar-refractivity contribution < 1.29 is 14.5 Å². The fourth-order valence-electron chi connectivity index (χ4n) is 1.24. The zero-order valence-electron chi connectivity index (χ0n) is 9.23. The Bertz CT molecular complexity index is 464. The summed E-state index contributed by atoms with van der Waals surface area (Å²) in [5.74, 6) is -0.447. The summed E-state index contributed by atoms with van der Waals surface area (Å²) in [7, 11) is 0. The number of carbonyl (C=O) groups excluding carboxylic acids is 1. The minimum atomic E-state index is -0.505. The van der Waals surface area contributed by atoms with Crippen LogP contribution in [0.4, 0.5) is 5.69 Å². The van der Waals surface area contributed by atoms with Gasteiger partial charge in [0.05, 0.1) is 9.95 Å². The Balaban J connectivity index is 3.10. The van der Waals surface area contributed by atoms with Gasteiger partial charge in [0.1, 0.15) is 11.5 Å². The van der Waals surface area contributed by atoms with Crippen molar-refractivity contribution in [3.8, 4) is 0 Å². The van der Waals surface area contributed by atoms with Gasteiger partial charge in [-0.3, -0.25) is 14.9 Å². The molecule has 92 valence electrons. The lowest BCUT2D eigenvalue weighted by molar-refractivity contribution is -0.387. The number of halogens is 1. The molecule has 7 heteroatoms. The Morgan fingerprint density at radius 2 is 2.24 bits per heavy atom. The van der Waals surface area contributed by atoms with Gasteiger partial charge in [-0.1, -0.05) is 11.6 Å². The van der Waals surface area contributed by atoms with Crippen LogP contribution < -0.4 is 0 Å². The summed E-state index contributed by atoms with van der Waals surface area (Å²) in [6.07, 6.45) is 1.71. The molecule has 0 aliphatic heterocycles. The van der Waals surface area contributed by atoms with Crippen molar-refractivity contribution in [3.63, 3.8) is 0 Å². The molecule has 0 fully saturated rings. The highest BCUT2D eigenvalue weighted by molar-refractivity contribution is 7.98. The zero-order valence-corrected chi connectivity index (χ0v) is 10.8. The summed E-state index contributed by atoms with van der Waals surface area (Å²) in [4.78, 5) is 21.4. The van der Waals surface area contributed by atoms with Gasteiger partial charge in [0, 0.05) is 13.0 Å². The third-order valence-corrected chi connectivity index (χ3v) is 3.17. The van der Waals surface area contributed by atoms with E-state index in [4.69, 9.17) is 16.3 Å². The third kappa shape index (κ3) is 3.61. The number of nitro benzene ring substituents is 1. The second-order valence-electron chi connectivity index (χ2n) is 3.17. The maximum Gasteiger partial charge on any atom is 0.302 e. The van der Waals surface area contributed by atoms with Crippen LogP contribution in [-0.4, -0.2) is 17.1 Å². The largest absolute Gasteiger partial charge is 0.461 e. The van der Waals surface area contributed by atoms with E-state index in [0.717, 1.165) is 0 Å². The molecule has 0 aliphatic carbocycles. The molecule has 0 aliphatic rings. The van der Waals surface area contributed by atoms with E-state index in [1.165, 1.54) is 24.8 Å². The third-order valence-electron chi connectivity index (χ3n) is 1.93. The van der Waals surface area contributed by atoms with E-state index < -0.39 is 10.9 Å². The van der Waals surface area contributed by atoms with E-state index >= 15 is 0 Å². The number of hydrogen-bond acceptors (Lipinski definition) is 5. The van der Waals surface area contributed by atoms with Crippen LogP contribution in [0.1, 0.15) is 12.5 Å². The van der Waals surface area contributed by atoms with Crippen molar-refractivity contribution in [3.05, 3.63) is 32.8 Å². The monoisotopic (exact) mass is 275 g/mol. The van der Waals surface area contributed by atoms with Gasteiger partial charge < -0.3 is 4.74 Å². The van der Waals surface area contributed by atoms with Gasteiger partial charge in [0.25, 0.3) is 5.69 Å². The number of hydrogen-bond donors (Lipinski definition) is 0. The molecule has 0 radical (unpaired) electrons. The smallest absolute Gasteiger partial charge is 0.302 e. The summed E-state index contributed by atoms with van der Waals surface area (Å²) in [5.41, 5.74) is 0.418. The van der Waals surface area contributed by atoms with E-state index in [9.17, 15) is 14.9 Å². The molecule has 0 spiro atoms. The zero-order chi connectivity index (χ0) is 13.0. The number of benzene rings is 1. The standard InChI is InChI=1S/C10H10ClNO4S/c1-6(13)16-5-7-3-8(11)10(17-2)9(4-7)12(14)15/h3-4H,5H2,1-2H3. The molecule has 0 unspecified atom stereocenters. The Kier molecular flexibility index (Phi) is 4.77. The van der Waals surface area contributed by atoms with E-state index in [-0.39, 0.29) is 17.3 Å². The van der Waals surface area contributed by atoms with Gasteiger partial charge in [-0.15, -0.1) is 11.8 Å². The predicted octanol–water partition coefficient (Wildman–Crippen LogP) is 3.03. The predicted molar refractivity (Wildman–Crippen MR) is 65.4 cm³/mol. The van der Waals surface area contributed by atoms with Crippen molar-refractivity contribution in [1.82, 2.24) is 0 Å². The van der Waals surface area contributed by atoms with Gasteiger partial charge in [-0.25, -0.2) is 0 Å². The molecule has 0 bridgehead atoms. The first-order valence-electron chi connectivity index (χ1n) is 4.60. The van der Waals surface area contributed by atoms with E-state index in [1.807, 2.05) is 0 Å². The summed E-state index contributed by atoms with van der Waals surface area (Å²) >= 11 is 7.13. The van der Waals surface area contributed by atoms with E-state index in [1.54, 1.807) is 12.3 Å². The Labute approximate surface area is 107 Å². The molecule has 0 saturated carbocycles. The van der Waals surface area contributed by atoms with Crippen LogP contribution in [-0.2, 0) is 16.1 Å². The van der Waals surface area contributed by atoms with Crippen molar-refractivity contribution in [2.24, 2.45) is 0 Å². The highest BCUT2D eigenvalue weighted by Gasteiger charge is 2.18. The average molecular weight is 276 g/mol. The van der Waals surface area contributed by atoms with Crippen LogP contribution in [0.2, 0.25) is 5.02 Å². The van der Waals surface area contributed by atoms with Crippen molar-refractivity contribution in [2.45, 2.75) is 18.4 Å². The van der Waals surface area contributed by atoms with Crippen molar-refractivity contribution in [2.75, 3.05) is 6.26 Å². The maximum absolute atomic E-state index is 10.8. The van der Waals surface area contributed by atoms with Crippen LogP contribution >= 0.6 is 23.4 Å². The summed E-state index contributed by atoms with van der Waals surface area (Å²) < 4.78 is 4.76. The topological polar surface area (TPSA) is 69.4 Å². The molecule has 17 heavy (non-hydrogen) atoms. The number of esters is 1. The Morgan fingerprint density at radius 3 is 2.71 bits per heavy atom. The number of rotatable bonds is 4. The highest BCUT2D eigenvalue weighted by Crippen LogP contribution is 2.35. The number of ether oxygens (including phenoxy) is 1. The lowest BCUT2D eigenvalue weighted by Crippen LogP contribution is -2.00. The molecule has 1 aromatic rings. The molecule has 0 N–H and O–H groups in total. The Morgan fingerprint density at radius 1 is 1.59 bits per heavy atom. The lowest BCUT2D eigenvalue weighted by atomic mass is 10.2. The first-order chi connectivity index (χ1) is 7.95. The van der Waals surface area contributed by atoms with Crippen LogP contribution in [0.3, 0.4) is 0 Å². The lowest BCUT2D eigenvalue weighted by Gasteiger charge is -2.06. The average Bonchev–Trinajstić information content (AvgIpc) is 2.25. The first-order valence-corrected chi connectivity index (χ1v) is 6.20. The summed E-state index contributed by atoms with van der Waals surface area (Å²) in [6, 6.07) is 2.92. The Hall–Kier alpha value is -1.27. The van der Waals surface area contributed by atoms with E-state index in [0.29, 0.717) is 10.5 Å². The van der Waals surface area contributed by atoms with Crippen LogP contribution in [0.5, 0.6) is 0 Å². The second-order valence-corrected chi connectivity index (χ2v) is 4.39. The molecule has 0 saturated heterocycles. The number of thioether (sulfide) groups is 1. The van der Waals surface area contributed by atoms with Gasteiger partial charge >= 0.3 is 5.97 Å². The van der Waals surface area contributed by atoms with Crippen molar-refractivity contribution >= 4 is 35.0 Å². The summed E-state index contributed by atoms with van der Waals surface area (Å²) in [6.45, 7) is 1.25. The minimum Gasteiger partial charge on any atom is -0.461 e. The molecule has 0 heterocycles. The SMILES string of the molecule is CSc1c(Cl)cc(COC(C)=O)cc1[N+](=O)[O-]. The first kappa shape index (κ1) is 13.8. The second kappa shape index (κ2) is 5.88. The molecule has 0 amide bonds. The molecule has 1 aromatic carbocycles. The number of nitro groups is 1. The maximum atomic E-state index is 10.8. The van der Waals surface area contributed by atoms with Gasteiger partial charge in [0.2, 0.25) is 0 Å². The summed E-state index contributed by atoms with van der Waals surface area (Å²) in [5, 5.41) is 11.1. The minimum absolute atomic E-state index is 0.0233. The van der Waals surface area contributed by atoms with Gasteiger partial charge in [-0.05, 0) is 17.9 Å². The van der Waals surface area contributed by atoms with Crippen LogP contribution in [0.25, 0.3) is 0 Å². The van der Waals surface area contributed by atoms with Crippen LogP contribution in [0.15, 0.2) is 17.0 Å². The molecule has 1 rings (SSSR count). The van der Waals surface area contributed by atoms with Gasteiger partial charge in [-0.2, -0.15) is 0 Å². The molecule has 0 aromatic heterocycles. The molecule has 0 atom stereocenters. The van der Waals surface area contributed by atoms with E-state index in [2.05, 4.69) is 0 Å². The number of nitrogens with zero attached hydrogens (tertiary/aromatic N) is 1. The quantitative estimate of drug-likeness (QED) is 0.366. The molecular weight excluding hydrogens is 266 g/mol. The molecular formula is C10H10ClNO4S. The van der Waals surface area contributed by atoms with Crippen LogP contribution in [0, 0.1) is 10.1 Å². The fraction of sp³-hybridized carbons (Fsp3) is 0.300.